The van der Waals surface area contributed by atoms with Crippen LogP contribution in [0, 0.1) is 0 Å². The van der Waals surface area contributed by atoms with Crippen molar-refractivity contribution in [2.75, 3.05) is 26.2 Å². The number of phenols is 1. The maximum atomic E-state index is 12.9. The molecule has 254 valence electrons. The zero-order chi connectivity index (χ0) is 34.8. The SMILES string of the molecule is NC(N)=NCCC[C@H](NC(=O)[C@@H](N)Cc1ccc(O)cc1)C(=O)NCC(=O)N[C@@H](CC(=O)O)C(=O)N[C@@H](CO)C(=O)NCC(=O)O. The first kappa shape index (κ1) is 38.5. The number of hydrogen-bond donors (Lipinski definition) is 12. The number of nitrogens with one attached hydrogen (secondary N) is 5. The number of carboxylic acids is 2. The second kappa shape index (κ2) is 19.7. The summed E-state index contributed by atoms with van der Waals surface area (Å²) in [5.74, 6) is -7.93. The van der Waals surface area contributed by atoms with Crippen LogP contribution in [0.2, 0.25) is 0 Å². The van der Waals surface area contributed by atoms with Gasteiger partial charge in [0, 0.05) is 6.54 Å². The molecule has 0 aliphatic carbocycles. The molecule has 0 aliphatic heterocycles. The van der Waals surface area contributed by atoms with Crippen molar-refractivity contribution in [3.05, 3.63) is 29.8 Å². The molecule has 0 unspecified atom stereocenters. The first-order valence-electron chi connectivity index (χ1n) is 13.7. The lowest BCUT2D eigenvalue weighted by Crippen LogP contribution is -2.57. The predicted molar refractivity (Wildman–Crippen MR) is 158 cm³/mol. The fourth-order valence-electron chi connectivity index (χ4n) is 3.70. The van der Waals surface area contributed by atoms with Gasteiger partial charge in [-0.15, -0.1) is 0 Å². The fourth-order valence-corrected chi connectivity index (χ4v) is 3.70. The first-order valence-corrected chi connectivity index (χ1v) is 13.7. The van der Waals surface area contributed by atoms with Crippen LogP contribution in [-0.2, 0) is 40.0 Å². The highest BCUT2D eigenvalue weighted by atomic mass is 16.4. The van der Waals surface area contributed by atoms with E-state index in [1.165, 1.54) is 12.1 Å². The van der Waals surface area contributed by atoms with Crippen molar-refractivity contribution in [1.29, 1.82) is 0 Å². The number of aliphatic hydroxyl groups is 1. The highest BCUT2D eigenvalue weighted by Gasteiger charge is 2.29. The Morgan fingerprint density at radius 2 is 1.35 bits per heavy atom. The smallest absolute Gasteiger partial charge is 0.322 e. The van der Waals surface area contributed by atoms with Gasteiger partial charge < -0.3 is 64.2 Å². The van der Waals surface area contributed by atoms with Gasteiger partial charge in [0.05, 0.1) is 25.6 Å². The monoisotopic (exact) mass is 653 g/mol. The van der Waals surface area contributed by atoms with E-state index in [0.717, 1.165) is 0 Å². The Hall–Kier alpha value is -5.50. The Kier molecular flexibility index (Phi) is 16.5. The Morgan fingerprint density at radius 3 is 1.91 bits per heavy atom. The molecule has 1 aromatic rings. The number of carbonyl (C=O) groups excluding carboxylic acids is 5. The van der Waals surface area contributed by atoms with Crippen LogP contribution in [0.3, 0.4) is 0 Å². The van der Waals surface area contributed by atoms with Crippen molar-refractivity contribution in [3.8, 4) is 5.75 Å². The largest absolute Gasteiger partial charge is 0.508 e. The van der Waals surface area contributed by atoms with Crippen LogP contribution in [0.5, 0.6) is 5.75 Å². The molecule has 0 spiro atoms. The van der Waals surface area contributed by atoms with Crippen molar-refractivity contribution in [2.24, 2.45) is 22.2 Å². The van der Waals surface area contributed by atoms with Gasteiger partial charge >= 0.3 is 11.9 Å². The van der Waals surface area contributed by atoms with Gasteiger partial charge in [0.2, 0.25) is 29.5 Å². The maximum Gasteiger partial charge on any atom is 0.322 e. The van der Waals surface area contributed by atoms with Crippen LogP contribution in [0.25, 0.3) is 0 Å². The number of carboxylic acid groups (broad SMARTS) is 2. The van der Waals surface area contributed by atoms with Crippen molar-refractivity contribution < 1.29 is 54.0 Å². The minimum Gasteiger partial charge on any atom is -0.508 e. The lowest BCUT2D eigenvalue weighted by Gasteiger charge is -2.22. The van der Waals surface area contributed by atoms with E-state index in [4.69, 9.17) is 22.3 Å². The maximum absolute atomic E-state index is 12.9. The summed E-state index contributed by atoms with van der Waals surface area (Å²) in [6, 6.07) is 0.227. The number of benzene rings is 1. The molecule has 1 rings (SSSR count). The number of hydrogen-bond acceptors (Lipinski definition) is 11. The van der Waals surface area contributed by atoms with Crippen molar-refractivity contribution in [3.63, 3.8) is 0 Å². The number of nitrogens with zero attached hydrogens (tertiary/aromatic N) is 1. The van der Waals surface area contributed by atoms with E-state index < -0.39 is 91.8 Å². The molecule has 20 heteroatoms. The van der Waals surface area contributed by atoms with E-state index >= 15 is 0 Å². The summed E-state index contributed by atoms with van der Waals surface area (Å²) in [6.45, 7) is -2.46. The van der Waals surface area contributed by atoms with Crippen molar-refractivity contribution >= 4 is 47.4 Å². The molecule has 4 atom stereocenters. The summed E-state index contributed by atoms with van der Waals surface area (Å²) in [5, 5.41) is 47.4. The topological polar surface area (TPSA) is 351 Å². The molecule has 46 heavy (non-hydrogen) atoms. The molecular formula is C26H39N9O11. The number of aliphatic hydroxyl groups excluding tert-OH is 1. The van der Waals surface area contributed by atoms with E-state index in [2.05, 4.69) is 20.9 Å². The average Bonchev–Trinajstić information content (AvgIpc) is 2.98. The zero-order valence-electron chi connectivity index (χ0n) is 24.6. The van der Waals surface area contributed by atoms with Gasteiger partial charge in [-0.05, 0) is 37.0 Å². The molecule has 5 amide bonds. The molecule has 0 bridgehead atoms. The van der Waals surface area contributed by atoms with E-state index in [1.54, 1.807) is 12.1 Å². The molecule has 20 nitrogen and oxygen atoms in total. The van der Waals surface area contributed by atoms with E-state index in [9.17, 15) is 48.9 Å². The van der Waals surface area contributed by atoms with Gasteiger partial charge in [-0.1, -0.05) is 12.1 Å². The van der Waals surface area contributed by atoms with E-state index in [-0.39, 0.29) is 37.5 Å². The summed E-state index contributed by atoms with van der Waals surface area (Å²) >= 11 is 0. The third-order valence-corrected chi connectivity index (χ3v) is 5.99. The highest BCUT2D eigenvalue weighted by molar-refractivity contribution is 5.96. The summed E-state index contributed by atoms with van der Waals surface area (Å²) in [6.07, 6.45) is -0.647. The zero-order valence-corrected chi connectivity index (χ0v) is 24.6. The normalized spacial score (nSPS) is 13.1. The number of phenolic OH excluding ortho intramolecular Hbond substituents is 1. The van der Waals surface area contributed by atoms with Crippen LogP contribution in [-0.4, -0.2) is 118 Å². The van der Waals surface area contributed by atoms with Crippen LogP contribution >= 0.6 is 0 Å². The molecule has 1 aromatic carbocycles. The second-order valence-corrected chi connectivity index (χ2v) is 9.78. The number of guanidine groups is 1. The van der Waals surface area contributed by atoms with Gasteiger partial charge in [0.25, 0.3) is 0 Å². The molecule has 0 radical (unpaired) electrons. The lowest BCUT2D eigenvalue weighted by atomic mass is 10.0. The minimum atomic E-state index is -1.77. The van der Waals surface area contributed by atoms with Gasteiger partial charge in [-0.25, -0.2) is 0 Å². The number of rotatable bonds is 20. The number of nitrogens with two attached hydrogens (primary N) is 3. The third-order valence-electron chi connectivity index (χ3n) is 5.99. The standard InChI is InChI=1S/C26H39N9O11/c27-15(8-13-3-5-14(37)6-4-13)22(43)34-16(2-1-7-30-26(28)29)23(44)31-10-19(38)33-17(9-20(39)40)25(46)35-18(12-36)24(45)32-11-21(41)42/h3-6,15-18,36-37H,1-2,7-12,27H2,(H,31,44)(H,32,45)(H,33,38)(H,34,43)(H,35,46)(H,39,40)(H,41,42)(H4,28,29,30)/t15-,16-,17-,18-/m0/s1. The Bertz CT molecular complexity index is 1270. The molecule has 0 fully saturated rings. The predicted octanol–water partition coefficient (Wildman–Crippen LogP) is -5.45. The van der Waals surface area contributed by atoms with Crippen molar-refractivity contribution in [1.82, 2.24) is 26.6 Å². The molecule has 0 saturated carbocycles. The van der Waals surface area contributed by atoms with Crippen LogP contribution < -0.4 is 43.8 Å². The number of carbonyl (C=O) groups is 7. The molecule has 15 N–H and O–H groups in total. The number of aliphatic imine (C=N–C) groups is 1. The summed E-state index contributed by atoms with van der Waals surface area (Å²) in [4.78, 5) is 88.6. The quantitative estimate of drug-likeness (QED) is 0.0355. The Balaban J connectivity index is 2.88. The molecule has 0 heterocycles. The van der Waals surface area contributed by atoms with Gasteiger partial charge in [-0.2, -0.15) is 0 Å². The van der Waals surface area contributed by atoms with Crippen molar-refractivity contribution in [2.45, 2.75) is 49.9 Å². The minimum absolute atomic E-state index is 0.0123. The van der Waals surface area contributed by atoms with E-state index in [1.807, 2.05) is 10.6 Å². The fraction of sp³-hybridized carbons (Fsp3) is 0.462. The van der Waals surface area contributed by atoms with Crippen LogP contribution in [0.4, 0.5) is 0 Å². The number of aromatic hydroxyl groups is 1. The highest BCUT2D eigenvalue weighted by Crippen LogP contribution is 2.11. The van der Waals surface area contributed by atoms with Gasteiger partial charge in [0.1, 0.15) is 30.4 Å². The Labute approximate surface area is 262 Å². The van der Waals surface area contributed by atoms with Gasteiger partial charge in [-0.3, -0.25) is 38.6 Å². The van der Waals surface area contributed by atoms with Crippen LogP contribution in [0.1, 0.15) is 24.8 Å². The summed E-state index contributed by atoms with van der Waals surface area (Å²) < 4.78 is 0. The lowest BCUT2D eigenvalue weighted by molar-refractivity contribution is -0.141. The van der Waals surface area contributed by atoms with Gasteiger partial charge in [0.15, 0.2) is 5.96 Å². The Morgan fingerprint density at radius 1 is 0.761 bits per heavy atom. The number of amides is 5. The summed E-state index contributed by atoms with van der Waals surface area (Å²) in [5.41, 5.74) is 17.2. The van der Waals surface area contributed by atoms with Crippen LogP contribution in [0.15, 0.2) is 29.3 Å². The molecule has 0 saturated heterocycles. The first-order chi connectivity index (χ1) is 21.6. The number of aliphatic carboxylic acids is 2. The molecule has 0 aliphatic rings. The second-order valence-electron chi connectivity index (χ2n) is 9.78. The third kappa shape index (κ3) is 15.3. The molecule has 0 aromatic heterocycles. The summed E-state index contributed by atoms with van der Waals surface area (Å²) in [7, 11) is 0. The van der Waals surface area contributed by atoms with E-state index in [0.29, 0.717) is 5.56 Å². The molecular weight excluding hydrogens is 614 g/mol. The average molecular weight is 654 g/mol.